The minimum atomic E-state index is -1.10. The van der Waals surface area contributed by atoms with E-state index in [1.54, 1.807) is 0 Å². The zero-order chi connectivity index (χ0) is 17.2. The molecule has 0 saturated heterocycles. The highest BCUT2D eigenvalue weighted by molar-refractivity contribution is 5.79. The summed E-state index contributed by atoms with van der Waals surface area (Å²) in [4.78, 5) is 24.4. The fourth-order valence-corrected chi connectivity index (χ4v) is 1.95. The number of hydrogen-bond acceptors (Lipinski definition) is 4. The van der Waals surface area contributed by atoms with Crippen molar-refractivity contribution in [2.45, 2.75) is 25.5 Å². The van der Waals surface area contributed by atoms with E-state index in [-0.39, 0.29) is 19.0 Å². The van der Waals surface area contributed by atoms with Crippen molar-refractivity contribution in [2.24, 2.45) is 5.73 Å². The molecule has 5 N–H and O–H groups in total. The SMILES string of the molecule is CN(C(=O)OCc1ccccc1)[C@@H](CCCNC(=N)N)C(=O)O. The Balaban J connectivity index is 2.48. The predicted octanol–water partition coefficient (Wildman–Crippen LogP) is 0.971. The Hall–Kier alpha value is -2.77. The topological polar surface area (TPSA) is 129 Å². The quantitative estimate of drug-likeness (QED) is 0.321. The van der Waals surface area contributed by atoms with Gasteiger partial charge in [-0.1, -0.05) is 30.3 Å². The molecule has 8 nitrogen and oxygen atoms in total. The van der Waals surface area contributed by atoms with Crippen molar-refractivity contribution < 1.29 is 19.4 Å². The highest BCUT2D eigenvalue weighted by Gasteiger charge is 2.27. The van der Waals surface area contributed by atoms with E-state index in [9.17, 15) is 14.7 Å². The molecule has 1 aromatic carbocycles. The molecule has 1 atom stereocenters. The van der Waals surface area contributed by atoms with Crippen molar-refractivity contribution in [3.63, 3.8) is 0 Å². The number of nitrogens with zero attached hydrogens (tertiary/aromatic N) is 1. The normalized spacial score (nSPS) is 11.3. The van der Waals surface area contributed by atoms with Crippen molar-refractivity contribution in [3.05, 3.63) is 35.9 Å². The summed E-state index contributed by atoms with van der Waals surface area (Å²) in [5.41, 5.74) is 5.97. The Morgan fingerprint density at radius 2 is 2.04 bits per heavy atom. The minimum absolute atomic E-state index is 0.0856. The van der Waals surface area contributed by atoms with E-state index < -0.39 is 18.1 Å². The van der Waals surface area contributed by atoms with Gasteiger partial charge in [-0.15, -0.1) is 0 Å². The molecule has 0 aliphatic carbocycles. The van der Waals surface area contributed by atoms with Crippen molar-refractivity contribution in [1.29, 1.82) is 5.41 Å². The summed E-state index contributed by atoms with van der Waals surface area (Å²) < 4.78 is 5.12. The van der Waals surface area contributed by atoms with Gasteiger partial charge in [-0.05, 0) is 18.4 Å². The van der Waals surface area contributed by atoms with Crippen LogP contribution in [0.15, 0.2) is 30.3 Å². The first-order chi connectivity index (χ1) is 10.9. The monoisotopic (exact) mass is 322 g/mol. The number of carboxylic acid groups (broad SMARTS) is 1. The van der Waals surface area contributed by atoms with Crippen LogP contribution in [0.25, 0.3) is 0 Å². The van der Waals surface area contributed by atoms with Crippen LogP contribution in [-0.4, -0.2) is 47.7 Å². The number of guanidine groups is 1. The molecule has 0 aliphatic heterocycles. The van der Waals surface area contributed by atoms with Gasteiger partial charge in [0.05, 0.1) is 0 Å². The molecule has 0 unspecified atom stereocenters. The maximum atomic E-state index is 12.0. The summed E-state index contributed by atoms with van der Waals surface area (Å²) in [6.45, 7) is 0.453. The van der Waals surface area contributed by atoms with Crippen molar-refractivity contribution in [2.75, 3.05) is 13.6 Å². The smallest absolute Gasteiger partial charge is 0.410 e. The first kappa shape index (κ1) is 18.3. The molecule has 0 radical (unpaired) electrons. The summed E-state index contributed by atoms with van der Waals surface area (Å²) in [7, 11) is 1.39. The van der Waals surface area contributed by atoms with Crippen LogP contribution in [0.2, 0.25) is 0 Å². The van der Waals surface area contributed by atoms with Gasteiger partial charge in [0.1, 0.15) is 12.6 Å². The van der Waals surface area contributed by atoms with Crippen LogP contribution in [0.4, 0.5) is 4.79 Å². The first-order valence-corrected chi connectivity index (χ1v) is 7.16. The van der Waals surface area contributed by atoms with Gasteiger partial charge in [0.2, 0.25) is 0 Å². The summed E-state index contributed by atoms with van der Waals surface area (Å²) in [5.74, 6) is -1.28. The zero-order valence-electron chi connectivity index (χ0n) is 13.0. The van der Waals surface area contributed by atoms with Gasteiger partial charge in [0.15, 0.2) is 5.96 Å². The number of carbonyl (C=O) groups is 2. The van der Waals surface area contributed by atoms with Crippen LogP contribution >= 0.6 is 0 Å². The number of hydrogen-bond donors (Lipinski definition) is 4. The van der Waals surface area contributed by atoms with E-state index in [1.807, 2.05) is 30.3 Å². The number of rotatable bonds is 8. The molecule has 23 heavy (non-hydrogen) atoms. The molecular formula is C15H22N4O4. The molecule has 0 fully saturated rings. The van der Waals surface area contributed by atoms with Crippen LogP contribution in [0.5, 0.6) is 0 Å². The predicted molar refractivity (Wildman–Crippen MR) is 85.0 cm³/mol. The van der Waals surface area contributed by atoms with Gasteiger partial charge < -0.3 is 20.9 Å². The van der Waals surface area contributed by atoms with Gasteiger partial charge in [0.25, 0.3) is 0 Å². The second-order valence-electron chi connectivity index (χ2n) is 4.99. The molecule has 0 spiro atoms. The van der Waals surface area contributed by atoms with Crippen LogP contribution < -0.4 is 11.1 Å². The Kier molecular flexibility index (Phi) is 7.38. The summed E-state index contributed by atoms with van der Waals surface area (Å²) in [5, 5.41) is 18.9. The number of carboxylic acids is 1. The second-order valence-corrected chi connectivity index (χ2v) is 4.99. The van der Waals surface area contributed by atoms with E-state index in [0.29, 0.717) is 13.0 Å². The molecule has 126 valence electrons. The largest absolute Gasteiger partial charge is 0.480 e. The van der Waals surface area contributed by atoms with E-state index in [4.69, 9.17) is 15.9 Å². The second kappa shape index (κ2) is 9.29. The molecule has 8 heteroatoms. The number of aliphatic carboxylic acids is 1. The standard InChI is InChI=1S/C15H22N4O4/c1-19(12(13(20)21)8-5-9-18-14(16)17)15(22)23-10-11-6-3-2-4-7-11/h2-4,6-7,12H,5,8-10H2,1H3,(H,20,21)(H4,16,17,18)/t12-/m0/s1. The Morgan fingerprint density at radius 1 is 1.39 bits per heavy atom. The fourth-order valence-electron chi connectivity index (χ4n) is 1.95. The van der Waals surface area contributed by atoms with E-state index in [0.717, 1.165) is 10.5 Å². The molecular weight excluding hydrogens is 300 g/mol. The lowest BCUT2D eigenvalue weighted by atomic mass is 10.1. The number of benzene rings is 1. The third-order valence-corrected chi connectivity index (χ3v) is 3.22. The van der Waals surface area contributed by atoms with Gasteiger partial charge in [-0.3, -0.25) is 10.3 Å². The number of nitrogens with two attached hydrogens (primary N) is 1. The summed E-state index contributed by atoms with van der Waals surface area (Å²) in [6.07, 6.45) is -0.0138. The number of likely N-dealkylation sites (N-methyl/N-ethyl adjacent to an activating group) is 1. The number of carbonyl (C=O) groups excluding carboxylic acids is 1. The minimum Gasteiger partial charge on any atom is -0.480 e. The Bertz CT molecular complexity index is 536. The molecule has 0 bridgehead atoms. The lowest BCUT2D eigenvalue weighted by Crippen LogP contribution is -2.43. The Labute approximate surface area is 134 Å². The van der Waals surface area contributed by atoms with E-state index >= 15 is 0 Å². The lowest BCUT2D eigenvalue weighted by molar-refractivity contribution is -0.142. The maximum Gasteiger partial charge on any atom is 0.410 e. The van der Waals surface area contributed by atoms with Crippen molar-refractivity contribution >= 4 is 18.0 Å². The van der Waals surface area contributed by atoms with Crippen LogP contribution in [-0.2, 0) is 16.1 Å². The molecule has 0 aromatic heterocycles. The van der Waals surface area contributed by atoms with Gasteiger partial charge in [0, 0.05) is 13.6 Å². The third kappa shape index (κ3) is 6.68. The van der Waals surface area contributed by atoms with Gasteiger partial charge in [-0.2, -0.15) is 0 Å². The van der Waals surface area contributed by atoms with Gasteiger partial charge in [-0.25, -0.2) is 9.59 Å². The van der Waals surface area contributed by atoms with E-state index in [2.05, 4.69) is 5.32 Å². The number of ether oxygens (including phenoxy) is 1. The number of nitrogens with one attached hydrogen (secondary N) is 2. The molecule has 1 amide bonds. The molecule has 0 saturated carbocycles. The van der Waals surface area contributed by atoms with Crippen LogP contribution in [0.3, 0.4) is 0 Å². The molecule has 1 aromatic rings. The molecule has 0 heterocycles. The maximum absolute atomic E-state index is 12.0. The first-order valence-electron chi connectivity index (χ1n) is 7.16. The lowest BCUT2D eigenvalue weighted by Gasteiger charge is -2.24. The summed E-state index contributed by atoms with van der Waals surface area (Å²) in [6, 6.07) is 8.15. The average Bonchev–Trinajstić information content (AvgIpc) is 2.52. The fraction of sp³-hybridized carbons (Fsp3) is 0.400. The highest BCUT2D eigenvalue weighted by Crippen LogP contribution is 2.09. The van der Waals surface area contributed by atoms with Crippen molar-refractivity contribution in [3.8, 4) is 0 Å². The third-order valence-electron chi connectivity index (χ3n) is 3.22. The zero-order valence-corrected chi connectivity index (χ0v) is 13.0. The Morgan fingerprint density at radius 3 is 2.61 bits per heavy atom. The average molecular weight is 322 g/mol. The highest BCUT2D eigenvalue weighted by atomic mass is 16.6. The molecule has 1 rings (SSSR count). The molecule has 0 aliphatic rings. The van der Waals surface area contributed by atoms with Crippen LogP contribution in [0, 0.1) is 5.41 Å². The van der Waals surface area contributed by atoms with Gasteiger partial charge >= 0.3 is 12.1 Å². The number of amides is 1. The van der Waals surface area contributed by atoms with E-state index in [1.165, 1.54) is 7.05 Å². The summed E-state index contributed by atoms with van der Waals surface area (Å²) >= 11 is 0. The van der Waals surface area contributed by atoms with Crippen LogP contribution in [0.1, 0.15) is 18.4 Å². The van der Waals surface area contributed by atoms with Crippen molar-refractivity contribution in [1.82, 2.24) is 10.2 Å².